The maximum absolute atomic E-state index is 10.7. The van der Waals surface area contributed by atoms with E-state index >= 15 is 0 Å². The summed E-state index contributed by atoms with van der Waals surface area (Å²) in [6.45, 7) is 5.08. The molecule has 0 saturated heterocycles. The van der Waals surface area contributed by atoms with Crippen LogP contribution in [0.3, 0.4) is 0 Å². The van der Waals surface area contributed by atoms with Gasteiger partial charge in [0.2, 0.25) is 0 Å². The Morgan fingerprint density at radius 3 is 2.22 bits per heavy atom. The van der Waals surface area contributed by atoms with E-state index in [2.05, 4.69) is 4.74 Å². The second kappa shape index (κ2) is 2.82. The standard InChI is InChI=1S/C6H12NO2/c1-4-9-5(8)6(2,3)7/h7H,4H2,1-3H3. The molecule has 1 N–H and O–H groups in total. The molecule has 0 heterocycles. The molecular formula is C6H12NO2. The summed E-state index contributed by atoms with van der Waals surface area (Å²) in [6, 6.07) is 0. The van der Waals surface area contributed by atoms with E-state index < -0.39 is 11.5 Å². The second-order valence-electron chi connectivity index (χ2n) is 2.35. The molecule has 0 aliphatic heterocycles. The first-order chi connectivity index (χ1) is 3.98. The topological polar surface area (TPSA) is 50.1 Å². The van der Waals surface area contributed by atoms with Crippen molar-refractivity contribution in [2.75, 3.05) is 6.61 Å². The van der Waals surface area contributed by atoms with E-state index in [0.717, 1.165) is 0 Å². The van der Waals surface area contributed by atoms with Gasteiger partial charge in [0.25, 0.3) is 0 Å². The Bertz CT molecular complexity index is 104. The van der Waals surface area contributed by atoms with Gasteiger partial charge in [0.1, 0.15) is 5.54 Å². The first-order valence-electron chi connectivity index (χ1n) is 2.90. The fraction of sp³-hybridized carbons (Fsp3) is 0.833. The molecule has 0 amide bonds. The number of ether oxygens (including phenoxy) is 1. The van der Waals surface area contributed by atoms with Gasteiger partial charge in [0.15, 0.2) is 0 Å². The van der Waals surface area contributed by atoms with Gasteiger partial charge in [0, 0.05) is 0 Å². The number of nitrogens with one attached hydrogen (secondary N) is 1. The van der Waals surface area contributed by atoms with Gasteiger partial charge >= 0.3 is 5.97 Å². The summed E-state index contributed by atoms with van der Waals surface area (Å²) >= 11 is 0. The van der Waals surface area contributed by atoms with Crippen molar-refractivity contribution in [1.82, 2.24) is 5.73 Å². The van der Waals surface area contributed by atoms with E-state index in [1.54, 1.807) is 6.92 Å². The Morgan fingerprint density at radius 1 is 1.67 bits per heavy atom. The first kappa shape index (κ1) is 8.43. The van der Waals surface area contributed by atoms with Crippen LogP contribution in [-0.2, 0) is 9.53 Å². The maximum Gasteiger partial charge on any atom is 0.327 e. The van der Waals surface area contributed by atoms with Crippen LogP contribution in [0, 0.1) is 0 Å². The van der Waals surface area contributed by atoms with Crippen molar-refractivity contribution in [3.63, 3.8) is 0 Å². The van der Waals surface area contributed by atoms with Crippen LogP contribution in [0.4, 0.5) is 0 Å². The Labute approximate surface area is 55.2 Å². The number of carbonyl (C=O) groups is 1. The van der Waals surface area contributed by atoms with Crippen LogP contribution >= 0.6 is 0 Å². The van der Waals surface area contributed by atoms with Crippen LogP contribution in [0.5, 0.6) is 0 Å². The molecule has 1 radical (unpaired) electrons. The molecule has 9 heavy (non-hydrogen) atoms. The van der Waals surface area contributed by atoms with E-state index in [-0.39, 0.29) is 0 Å². The lowest BCUT2D eigenvalue weighted by Gasteiger charge is -2.13. The number of carbonyl (C=O) groups excluding carboxylic acids is 1. The molecule has 0 spiro atoms. The molecule has 0 bridgehead atoms. The average molecular weight is 130 g/mol. The first-order valence-corrected chi connectivity index (χ1v) is 2.90. The van der Waals surface area contributed by atoms with Crippen molar-refractivity contribution >= 4 is 5.97 Å². The quantitative estimate of drug-likeness (QED) is 0.514. The van der Waals surface area contributed by atoms with E-state index in [0.29, 0.717) is 6.61 Å². The van der Waals surface area contributed by atoms with Crippen LogP contribution in [0.25, 0.3) is 0 Å². The molecule has 3 nitrogen and oxygen atoms in total. The molecule has 0 atom stereocenters. The maximum atomic E-state index is 10.7. The molecule has 0 aromatic heterocycles. The predicted octanol–water partition coefficient (Wildman–Crippen LogP) is 0.611. The molecule has 53 valence electrons. The summed E-state index contributed by atoms with van der Waals surface area (Å²) in [4.78, 5) is 10.7. The Balaban J connectivity index is 3.74. The largest absolute Gasteiger partial charge is 0.465 e. The Morgan fingerprint density at radius 2 is 2.11 bits per heavy atom. The molecular weight excluding hydrogens is 118 g/mol. The highest BCUT2D eigenvalue weighted by Crippen LogP contribution is 2.01. The zero-order chi connectivity index (χ0) is 7.49. The molecule has 0 aromatic rings. The predicted molar refractivity (Wildman–Crippen MR) is 33.8 cm³/mol. The summed E-state index contributed by atoms with van der Waals surface area (Å²) in [6.07, 6.45) is 0. The summed E-state index contributed by atoms with van der Waals surface area (Å²) in [5.41, 5.74) is 6.07. The highest BCUT2D eigenvalue weighted by Gasteiger charge is 2.23. The smallest absolute Gasteiger partial charge is 0.327 e. The zero-order valence-electron chi connectivity index (χ0n) is 6.02. The minimum absolute atomic E-state index is 0.348. The van der Waals surface area contributed by atoms with Gasteiger partial charge in [-0.1, -0.05) is 0 Å². The summed E-state index contributed by atoms with van der Waals surface area (Å²) in [5, 5.41) is 0. The highest BCUT2D eigenvalue weighted by molar-refractivity contribution is 5.79. The van der Waals surface area contributed by atoms with Gasteiger partial charge in [-0.15, -0.1) is 0 Å². The Kier molecular flexibility index (Phi) is 2.65. The van der Waals surface area contributed by atoms with E-state index in [1.165, 1.54) is 13.8 Å². The van der Waals surface area contributed by atoms with Gasteiger partial charge in [-0.05, 0) is 20.8 Å². The van der Waals surface area contributed by atoms with Crippen LogP contribution in [0.2, 0.25) is 0 Å². The van der Waals surface area contributed by atoms with Crippen LogP contribution in [0.1, 0.15) is 20.8 Å². The van der Waals surface area contributed by atoms with Crippen molar-refractivity contribution in [2.24, 2.45) is 0 Å². The van der Waals surface area contributed by atoms with E-state index in [4.69, 9.17) is 5.73 Å². The van der Waals surface area contributed by atoms with Crippen LogP contribution in [0.15, 0.2) is 0 Å². The lowest BCUT2D eigenvalue weighted by atomic mass is 10.1. The Hall–Kier alpha value is -0.570. The van der Waals surface area contributed by atoms with Crippen LogP contribution < -0.4 is 5.73 Å². The molecule has 0 aliphatic carbocycles. The number of hydrogen-bond donors (Lipinski definition) is 0. The van der Waals surface area contributed by atoms with Gasteiger partial charge < -0.3 is 4.74 Å². The summed E-state index contributed by atoms with van der Waals surface area (Å²) < 4.78 is 4.58. The minimum Gasteiger partial charge on any atom is -0.465 e. The molecule has 0 aliphatic rings. The number of hydrogen-bond acceptors (Lipinski definition) is 2. The van der Waals surface area contributed by atoms with Crippen molar-refractivity contribution in [1.29, 1.82) is 0 Å². The molecule has 0 saturated carbocycles. The normalized spacial score (nSPS) is 11.1. The van der Waals surface area contributed by atoms with Gasteiger partial charge in [-0.2, -0.15) is 0 Å². The van der Waals surface area contributed by atoms with E-state index in [1.807, 2.05) is 0 Å². The third-order valence-electron chi connectivity index (χ3n) is 0.786. The second-order valence-corrected chi connectivity index (χ2v) is 2.35. The minimum atomic E-state index is -1.10. The van der Waals surface area contributed by atoms with Gasteiger partial charge in [0.05, 0.1) is 6.61 Å². The molecule has 3 heteroatoms. The molecule has 0 aromatic carbocycles. The molecule has 0 rings (SSSR count). The fourth-order valence-corrected chi connectivity index (χ4v) is 0.312. The average Bonchev–Trinajstić information content (AvgIpc) is 1.64. The number of esters is 1. The van der Waals surface area contributed by atoms with Crippen LogP contribution in [-0.4, -0.2) is 18.1 Å². The van der Waals surface area contributed by atoms with Crippen molar-refractivity contribution in [3.8, 4) is 0 Å². The zero-order valence-corrected chi connectivity index (χ0v) is 6.02. The summed E-state index contributed by atoms with van der Waals surface area (Å²) in [5.74, 6) is -0.468. The number of rotatable bonds is 2. The van der Waals surface area contributed by atoms with E-state index in [9.17, 15) is 4.79 Å². The van der Waals surface area contributed by atoms with Gasteiger partial charge in [-0.25, -0.2) is 5.73 Å². The molecule has 0 fully saturated rings. The third-order valence-corrected chi connectivity index (χ3v) is 0.786. The lowest BCUT2D eigenvalue weighted by molar-refractivity contribution is -0.148. The highest BCUT2D eigenvalue weighted by atomic mass is 16.5. The lowest BCUT2D eigenvalue weighted by Crippen LogP contribution is -2.34. The SMILES string of the molecule is CCOC(=O)C(C)(C)[NH]. The monoisotopic (exact) mass is 130 g/mol. The molecule has 0 unspecified atom stereocenters. The third kappa shape index (κ3) is 3.08. The van der Waals surface area contributed by atoms with Crippen molar-refractivity contribution in [3.05, 3.63) is 0 Å². The fourth-order valence-electron chi connectivity index (χ4n) is 0.312. The summed E-state index contributed by atoms with van der Waals surface area (Å²) in [7, 11) is 0. The van der Waals surface area contributed by atoms with Gasteiger partial charge in [-0.3, -0.25) is 4.79 Å². The van der Waals surface area contributed by atoms with Crippen molar-refractivity contribution < 1.29 is 9.53 Å². The van der Waals surface area contributed by atoms with Crippen molar-refractivity contribution in [2.45, 2.75) is 26.3 Å².